The van der Waals surface area contributed by atoms with Crippen LogP contribution in [0.25, 0.3) is 0 Å². The molecule has 0 aromatic carbocycles. The van der Waals surface area contributed by atoms with Gasteiger partial charge in [0, 0.05) is 19.1 Å². The van der Waals surface area contributed by atoms with Crippen LogP contribution < -0.4 is 5.73 Å². The lowest BCUT2D eigenvalue weighted by molar-refractivity contribution is -0.135. The molecule has 1 aliphatic heterocycles. The summed E-state index contributed by atoms with van der Waals surface area (Å²) in [6.07, 6.45) is 9.92. The molecular weight excluding hydrogens is 298 g/mol. The number of likely N-dealkylation sites (N-methyl/N-ethyl adjacent to an activating group) is 1. The van der Waals surface area contributed by atoms with Crippen molar-refractivity contribution in [1.82, 2.24) is 9.80 Å². The van der Waals surface area contributed by atoms with Crippen LogP contribution in [0.3, 0.4) is 0 Å². The van der Waals surface area contributed by atoms with Crippen LogP contribution in [0.1, 0.15) is 58.3 Å². The quantitative estimate of drug-likeness (QED) is 0.814. The third-order valence-electron chi connectivity index (χ3n) is 5.21. The summed E-state index contributed by atoms with van der Waals surface area (Å²) in [6.45, 7) is 6.52. The van der Waals surface area contributed by atoms with Gasteiger partial charge in [0.1, 0.15) is 0 Å². The molecule has 1 heterocycles. The molecule has 1 atom stereocenters. The molecule has 1 saturated carbocycles. The molecule has 2 N–H and O–H groups in total. The SMILES string of the molecule is CCN(C(=O)CN1CCCC(CCN)C1)C1CCCCC1.Cl. The van der Waals surface area contributed by atoms with Crippen molar-refractivity contribution in [3.63, 3.8) is 0 Å². The summed E-state index contributed by atoms with van der Waals surface area (Å²) in [5, 5.41) is 0. The summed E-state index contributed by atoms with van der Waals surface area (Å²) in [4.78, 5) is 17.2. The molecule has 0 aromatic rings. The zero-order valence-corrected chi connectivity index (χ0v) is 15.0. The number of nitrogens with two attached hydrogens (primary N) is 1. The molecule has 1 saturated heterocycles. The number of piperidine rings is 1. The van der Waals surface area contributed by atoms with Crippen LogP contribution in [-0.2, 0) is 4.79 Å². The van der Waals surface area contributed by atoms with Gasteiger partial charge in [-0.2, -0.15) is 0 Å². The average molecular weight is 332 g/mol. The number of hydrogen-bond donors (Lipinski definition) is 1. The molecule has 0 aromatic heterocycles. The van der Waals surface area contributed by atoms with Crippen molar-refractivity contribution in [2.45, 2.75) is 64.3 Å². The van der Waals surface area contributed by atoms with Gasteiger partial charge in [-0.3, -0.25) is 9.69 Å². The van der Waals surface area contributed by atoms with Crippen LogP contribution in [0.15, 0.2) is 0 Å². The highest BCUT2D eigenvalue weighted by atomic mass is 35.5. The fraction of sp³-hybridized carbons (Fsp3) is 0.941. The topological polar surface area (TPSA) is 49.6 Å². The van der Waals surface area contributed by atoms with Crippen LogP contribution in [-0.4, -0.2) is 54.5 Å². The minimum absolute atomic E-state index is 0. The first-order chi connectivity index (χ1) is 10.2. The molecule has 2 fully saturated rings. The zero-order chi connectivity index (χ0) is 15.1. The van der Waals surface area contributed by atoms with Crippen molar-refractivity contribution in [1.29, 1.82) is 0 Å². The van der Waals surface area contributed by atoms with Gasteiger partial charge in [-0.25, -0.2) is 0 Å². The van der Waals surface area contributed by atoms with E-state index in [4.69, 9.17) is 5.73 Å². The predicted molar refractivity (Wildman–Crippen MR) is 94.3 cm³/mol. The van der Waals surface area contributed by atoms with Crippen molar-refractivity contribution in [2.24, 2.45) is 11.7 Å². The molecule has 22 heavy (non-hydrogen) atoms. The summed E-state index contributed by atoms with van der Waals surface area (Å²) >= 11 is 0. The monoisotopic (exact) mass is 331 g/mol. The Balaban J connectivity index is 0.00000242. The van der Waals surface area contributed by atoms with Gasteiger partial charge in [0.25, 0.3) is 0 Å². The van der Waals surface area contributed by atoms with E-state index in [1.807, 2.05) is 0 Å². The zero-order valence-electron chi connectivity index (χ0n) is 14.1. The van der Waals surface area contributed by atoms with E-state index in [1.54, 1.807) is 0 Å². The van der Waals surface area contributed by atoms with Crippen LogP contribution >= 0.6 is 12.4 Å². The number of hydrogen-bond acceptors (Lipinski definition) is 3. The van der Waals surface area contributed by atoms with Gasteiger partial charge < -0.3 is 10.6 Å². The Morgan fingerprint density at radius 3 is 2.55 bits per heavy atom. The molecule has 1 aliphatic carbocycles. The van der Waals surface area contributed by atoms with E-state index < -0.39 is 0 Å². The molecule has 0 bridgehead atoms. The first kappa shape index (κ1) is 19.7. The Kier molecular flexibility index (Phi) is 9.37. The summed E-state index contributed by atoms with van der Waals surface area (Å²) in [7, 11) is 0. The third kappa shape index (κ3) is 5.71. The second-order valence-corrected chi connectivity index (χ2v) is 6.79. The van der Waals surface area contributed by atoms with Crippen molar-refractivity contribution >= 4 is 18.3 Å². The van der Waals surface area contributed by atoms with Gasteiger partial charge in [-0.05, 0) is 58.0 Å². The number of carbonyl (C=O) groups excluding carboxylic acids is 1. The maximum absolute atomic E-state index is 12.7. The van der Waals surface area contributed by atoms with E-state index in [2.05, 4.69) is 16.7 Å². The van der Waals surface area contributed by atoms with Gasteiger partial charge in [-0.1, -0.05) is 19.3 Å². The molecule has 2 rings (SSSR count). The Morgan fingerprint density at radius 2 is 1.91 bits per heavy atom. The average Bonchev–Trinajstić information content (AvgIpc) is 2.50. The second-order valence-electron chi connectivity index (χ2n) is 6.79. The standard InChI is InChI=1S/C17H33N3O.ClH/c1-2-20(16-8-4-3-5-9-16)17(21)14-19-12-6-7-15(13-19)10-11-18;/h15-16H,2-14,18H2,1H3;1H. The normalized spacial score (nSPS) is 23.8. The minimum Gasteiger partial charge on any atom is -0.339 e. The molecule has 2 aliphatic rings. The first-order valence-electron chi connectivity index (χ1n) is 8.96. The van der Waals surface area contributed by atoms with Crippen molar-refractivity contribution in [3.05, 3.63) is 0 Å². The summed E-state index contributed by atoms with van der Waals surface area (Å²) in [5.74, 6) is 1.04. The van der Waals surface area contributed by atoms with E-state index in [0.717, 1.165) is 32.6 Å². The number of carbonyl (C=O) groups is 1. The van der Waals surface area contributed by atoms with Gasteiger partial charge in [0.15, 0.2) is 0 Å². The highest BCUT2D eigenvalue weighted by Crippen LogP contribution is 2.23. The van der Waals surface area contributed by atoms with Crippen molar-refractivity contribution in [2.75, 3.05) is 32.7 Å². The van der Waals surface area contributed by atoms with Crippen LogP contribution in [0.5, 0.6) is 0 Å². The lowest BCUT2D eigenvalue weighted by Gasteiger charge is -2.37. The Labute approximate surface area is 142 Å². The van der Waals surface area contributed by atoms with Gasteiger partial charge in [-0.15, -0.1) is 12.4 Å². The maximum Gasteiger partial charge on any atom is 0.236 e. The van der Waals surface area contributed by atoms with Crippen molar-refractivity contribution in [3.8, 4) is 0 Å². The molecular formula is C17H34ClN3O. The lowest BCUT2D eigenvalue weighted by atomic mass is 9.93. The second kappa shape index (κ2) is 10.5. The fourth-order valence-corrected chi connectivity index (χ4v) is 4.08. The van der Waals surface area contributed by atoms with Gasteiger partial charge in [0.2, 0.25) is 5.91 Å². The van der Waals surface area contributed by atoms with Crippen LogP contribution in [0.2, 0.25) is 0 Å². The lowest BCUT2D eigenvalue weighted by Crippen LogP contribution is -2.48. The van der Waals surface area contributed by atoms with Crippen LogP contribution in [0, 0.1) is 5.92 Å². The van der Waals surface area contributed by atoms with E-state index in [0.29, 0.717) is 24.4 Å². The van der Waals surface area contributed by atoms with Crippen molar-refractivity contribution < 1.29 is 4.79 Å². The maximum atomic E-state index is 12.7. The van der Waals surface area contributed by atoms with E-state index in [9.17, 15) is 4.79 Å². The number of amides is 1. The summed E-state index contributed by atoms with van der Waals surface area (Å²) in [5.41, 5.74) is 5.68. The summed E-state index contributed by atoms with van der Waals surface area (Å²) < 4.78 is 0. The summed E-state index contributed by atoms with van der Waals surface area (Å²) in [6, 6.07) is 0.501. The Hall–Kier alpha value is -0.320. The number of halogens is 1. The molecule has 1 amide bonds. The van der Waals surface area contributed by atoms with Crippen LogP contribution in [0.4, 0.5) is 0 Å². The smallest absolute Gasteiger partial charge is 0.236 e. The number of rotatable bonds is 6. The van der Waals surface area contributed by atoms with Gasteiger partial charge in [0.05, 0.1) is 6.54 Å². The minimum atomic E-state index is 0. The van der Waals surface area contributed by atoms with Gasteiger partial charge >= 0.3 is 0 Å². The van der Waals surface area contributed by atoms with E-state index >= 15 is 0 Å². The molecule has 4 nitrogen and oxygen atoms in total. The predicted octanol–water partition coefficient (Wildman–Crippen LogP) is 2.65. The molecule has 0 spiro atoms. The Bertz CT molecular complexity index is 319. The number of likely N-dealkylation sites (tertiary alicyclic amines) is 1. The largest absolute Gasteiger partial charge is 0.339 e. The molecule has 130 valence electrons. The highest BCUT2D eigenvalue weighted by molar-refractivity contribution is 5.85. The van der Waals surface area contributed by atoms with E-state index in [-0.39, 0.29) is 12.4 Å². The fourth-order valence-electron chi connectivity index (χ4n) is 4.08. The molecule has 5 heteroatoms. The molecule has 0 radical (unpaired) electrons. The first-order valence-corrected chi connectivity index (χ1v) is 8.96. The van der Waals surface area contributed by atoms with E-state index in [1.165, 1.54) is 44.9 Å². The number of nitrogens with zero attached hydrogens (tertiary/aromatic N) is 2. The third-order valence-corrected chi connectivity index (χ3v) is 5.21. The highest BCUT2D eigenvalue weighted by Gasteiger charge is 2.27. The molecule has 1 unspecified atom stereocenters. The Morgan fingerprint density at radius 1 is 1.18 bits per heavy atom.